The van der Waals surface area contributed by atoms with Gasteiger partial charge in [-0.15, -0.1) is 11.3 Å². The monoisotopic (exact) mass is 986 g/mol. The molecule has 302 valence electrons. The van der Waals surface area contributed by atoms with Gasteiger partial charge in [-0.05, 0) is 90.3 Å². The summed E-state index contributed by atoms with van der Waals surface area (Å²) < 4.78 is 109. The molecule has 0 amide bonds. The van der Waals surface area contributed by atoms with Gasteiger partial charge in [0.05, 0.1) is 47.8 Å². The standard InChI is InChI=1S/C34H23ClN8O12S4.4Na/c1-15-10-24-22(14-25(15)58(50,51)52)37-30(56-24)16-6-8-18(9-7-16)36-33-39-32(35)40-34(41-33)38-23-13-19(57(47,48)49)11-17-12-26(59(53,54)55)28(29(44)27(17)23)43-42-21-5-3-2-4-20(21)31(45)46;;;;/h2-14,42H,1H3,(H,45,46)(H,47,48,49)(H,50,51,52)(H,53,54,55)(H2,36,38,39,40,41);;;;/q;4*+1/p-4. The molecule has 63 heavy (non-hydrogen) atoms. The molecule has 0 atom stereocenters. The number of aromatic carboxylic acids is 1. The number of hydrogen-bond donors (Lipinski definition) is 3. The summed E-state index contributed by atoms with van der Waals surface area (Å²) in [6.45, 7) is 1.51. The number of Topliss-reactive ketones (excluding diaryl/α,β-unsaturated/α-hetero) is 1. The number of halogens is 1. The molecule has 2 aromatic heterocycles. The molecule has 0 aliphatic heterocycles. The van der Waals surface area contributed by atoms with Gasteiger partial charge in [0.25, 0.3) is 0 Å². The van der Waals surface area contributed by atoms with Crippen molar-refractivity contribution in [2.75, 3.05) is 16.1 Å². The number of fused-ring (bicyclic) bond motifs is 2. The van der Waals surface area contributed by atoms with Crippen LogP contribution in [0.1, 0.15) is 31.8 Å². The molecule has 0 unspecified atom stereocenters. The molecule has 0 saturated heterocycles. The largest absolute Gasteiger partial charge is 1.00 e. The van der Waals surface area contributed by atoms with E-state index in [2.05, 4.69) is 41.1 Å². The number of nitrogens with zero attached hydrogens (tertiary/aromatic N) is 5. The van der Waals surface area contributed by atoms with E-state index in [9.17, 15) is 53.6 Å². The van der Waals surface area contributed by atoms with E-state index in [0.29, 0.717) is 38.6 Å². The topological polar surface area (TPSA) is 329 Å². The minimum absolute atomic E-state index is 0. The summed E-state index contributed by atoms with van der Waals surface area (Å²) in [5.41, 5.74) is 0.679. The number of rotatable bonds is 11. The van der Waals surface area contributed by atoms with Crippen molar-refractivity contribution < 1.29 is 172 Å². The molecule has 7 rings (SSSR count). The number of allylic oxidation sites excluding steroid dienone is 1. The number of anilines is 5. The number of para-hydroxylation sites is 1. The fraction of sp³-hybridized carbons (Fsp3) is 0.0294. The maximum atomic E-state index is 14.0. The number of carbonyl (C=O) groups excluding carboxylic acids is 2. The molecule has 1 aliphatic carbocycles. The van der Waals surface area contributed by atoms with Crippen LogP contribution in [0.5, 0.6) is 0 Å². The molecule has 0 spiro atoms. The normalized spacial score (nSPS) is 13.0. The van der Waals surface area contributed by atoms with Gasteiger partial charge in [0.2, 0.25) is 23.0 Å². The first kappa shape index (κ1) is 55.1. The molecule has 4 aromatic carbocycles. The molecule has 20 nitrogen and oxygen atoms in total. The number of hydrogen-bond acceptors (Lipinski definition) is 21. The number of thiazole rings is 1. The zero-order valence-electron chi connectivity index (χ0n) is 33.2. The van der Waals surface area contributed by atoms with Gasteiger partial charge in [0, 0.05) is 16.8 Å². The van der Waals surface area contributed by atoms with Crippen LogP contribution >= 0.6 is 22.9 Å². The molecule has 0 radical (unpaired) electrons. The third-order valence-corrected chi connectivity index (χ3v) is 12.2. The van der Waals surface area contributed by atoms with Crippen LogP contribution in [0, 0.1) is 6.92 Å². The molecule has 0 bridgehead atoms. The van der Waals surface area contributed by atoms with E-state index in [1.54, 1.807) is 30.3 Å². The number of aromatic nitrogens is 4. The van der Waals surface area contributed by atoms with Gasteiger partial charge in [-0.2, -0.15) is 20.1 Å². The molecule has 29 heteroatoms. The number of benzene rings is 4. The van der Waals surface area contributed by atoms with E-state index in [4.69, 9.17) is 11.6 Å². The van der Waals surface area contributed by atoms with Gasteiger partial charge in [-0.3, -0.25) is 10.2 Å². The van der Waals surface area contributed by atoms with Gasteiger partial charge in [0.1, 0.15) is 41.1 Å². The second-order valence-electron chi connectivity index (χ2n) is 12.2. The van der Waals surface area contributed by atoms with Crippen molar-refractivity contribution in [3.05, 3.63) is 105 Å². The van der Waals surface area contributed by atoms with E-state index in [1.807, 2.05) is 0 Å². The second kappa shape index (κ2) is 21.6. The Morgan fingerprint density at radius 1 is 0.762 bits per heavy atom. The van der Waals surface area contributed by atoms with E-state index in [1.165, 1.54) is 42.5 Å². The quantitative estimate of drug-likeness (QED) is 0.0617. The molecule has 0 fully saturated rings. The van der Waals surface area contributed by atoms with Crippen molar-refractivity contribution in [1.82, 2.24) is 19.9 Å². The van der Waals surface area contributed by atoms with Crippen LogP contribution in [0.2, 0.25) is 5.28 Å². The Labute approximate surface area is 455 Å². The van der Waals surface area contributed by atoms with Crippen LogP contribution in [-0.2, 0) is 30.4 Å². The van der Waals surface area contributed by atoms with Crippen LogP contribution in [0.15, 0.2) is 92.6 Å². The van der Waals surface area contributed by atoms with Crippen molar-refractivity contribution >= 4 is 116 Å². The number of ketones is 1. The number of carboxylic acid groups (broad SMARTS) is 1. The van der Waals surface area contributed by atoms with Crippen LogP contribution in [0.3, 0.4) is 0 Å². The fourth-order valence-corrected chi connectivity index (χ4v) is 8.82. The molecular formula is C34H19ClN8Na4O12S4. The van der Waals surface area contributed by atoms with Gasteiger partial charge in [-0.25, -0.2) is 30.2 Å². The summed E-state index contributed by atoms with van der Waals surface area (Å²) in [5, 5.41) is 20.9. The third kappa shape index (κ3) is 12.6. The summed E-state index contributed by atoms with van der Waals surface area (Å²) in [5.74, 6) is -3.55. The molecule has 3 N–H and O–H groups in total. The van der Waals surface area contributed by atoms with Crippen molar-refractivity contribution in [3.8, 4) is 10.6 Å². The first-order valence-corrected chi connectivity index (χ1v) is 21.5. The van der Waals surface area contributed by atoms with E-state index >= 15 is 0 Å². The van der Waals surface area contributed by atoms with Crippen LogP contribution in [-0.4, -0.2) is 76.3 Å². The summed E-state index contributed by atoms with van der Waals surface area (Å²) in [4.78, 5) is 39.6. The minimum atomic E-state index is -5.52. The predicted octanol–water partition coefficient (Wildman–Crippen LogP) is -8.66. The Morgan fingerprint density at radius 2 is 1.40 bits per heavy atom. The summed E-state index contributed by atoms with van der Waals surface area (Å²) in [7, 11) is -15.5. The molecule has 2 heterocycles. The average molecular weight is 987 g/mol. The van der Waals surface area contributed by atoms with Gasteiger partial charge >= 0.3 is 118 Å². The Bertz CT molecular complexity index is 3210. The van der Waals surface area contributed by atoms with Gasteiger partial charge in [-0.1, -0.05) is 18.2 Å². The maximum absolute atomic E-state index is 14.0. The Balaban J connectivity index is 0.00000264. The van der Waals surface area contributed by atoms with Crippen molar-refractivity contribution in [2.45, 2.75) is 16.7 Å². The molecule has 1 aliphatic rings. The van der Waals surface area contributed by atoms with Gasteiger partial charge in [0.15, 0.2) is 0 Å². The van der Waals surface area contributed by atoms with E-state index in [-0.39, 0.29) is 140 Å². The fourth-order valence-electron chi connectivity index (χ4n) is 5.71. The molecule has 0 saturated carbocycles. The SMILES string of the molecule is Cc1cc2sc(-c3ccc(Nc4nc(Cl)nc(Nc5cc(S(=O)(=O)[O-])cc6c5C(=O)C(=NNc5ccccc5C(=O)[O-])C(S(=O)(=O)[O-])=C6)n4)cc3)nc2cc1S(=O)(=O)[O-].[Na+].[Na+].[Na+].[Na+]. The maximum Gasteiger partial charge on any atom is 1.00 e. The van der Waals surface area contributed by atoms with Gasteiger partial charge < -0.3 is 34.2 Å². The van der Waals surface area contributed by atoms with Crippen LogP contribution in [0.25, 0.3) is 26.9 Å². The average Bonchev–Trinajstić information content (AvgIpc) is 3.55. The van der Waals surface area contributed by atoms with Crippen molar-refractivity contribution in [3.63, 3.8) is 0 Å². The predicted molar refractivity (Wildman–Crippen MR) is 207 cm³/mol. The van der Waals surface area contributed by atoms with Crippen LogP contribution < -0.4 is 139 Å². The summed E-state index contributed by atoms with van der Waals surface area (Å²) >= 11 is 7.44. The Hall–Kier alpha value is -2.25. The number of carbonyl (C=O) groups is 2. The zero-order chi connectivity index (χ0) is 42.6. The summed E-state index contributed by atoms with van der Waals surface area (Å²) in [6, 6.07) is 15.8. The smallest absolute Gasteiger partial charge is 0.744 e. The number of carboxylic acids is 1. The first-order chi connectivity index (χ1) is 27.7. The second-order valence-corrected chi connectivity index (χ2v) is 17.7. The Morgan fingerprint density at radius 3 is 2.00 bits per heavy atom. The van der Waals surface area contributed by atoms with E-state index < -0.39 is 91.2 Å². The number of hydrazone groups is 1. The van der Waals surface area contributed by atoms with Crippen molar-refractivity contribution in [2.24, 2.45) is 5.10 Å². The Kier molecular flexibility index (Phi) is 18.9. The third-order valence-electron chi connectivity index (χ3n) is 8.29. The number of aryl methyl sites for hydroxylation is 1. The molecular weight excluding hydrogens is 968 g/mol. The minimum Gasteiger partial charge on any atom is -0.744 e. The van der Waals surface area contributed by atoms with Crippen LogP contribution in [0.4, 0.5) is 29.0 Å². The first-order valence-electron chi connectivity index (χ1n) is 16.1. The zero-order valence-corrected chi connectivity index (χ0v) is 45.2. The molecule has 6 aromatic rings. The van der Waals surface area contributed by atoms with E-state index in [0.717, 1.165) is 12.1 Å². The van der Waals surface area contributed by atoms with Crippen molar-refractivity contribution in [1.29, 1.82) is 0 Å². The summed E-state index contributed by atoms with van der Waals surface area (Å²) in [6.07, 6.45) is 0.616. The number of nitrogens with one attached hydrogen (secondary N) is 3.